The number of aryl methyl sites for hydroxylation is 1. The van der Waals surface area contributed by atoms with Crippen LogP contribution in [0, 0.1) is 0 Å². The SMILES string of the molecule is CC1CC(O)c2nnc3cc(-c4ccnc(Nc5ccnn5C)n4)cc1n23. The maximum Gasteiger partial charge on any atom is 0.228 e. The van der Waals surface area contributed by atoms with E-state index in [0.717, 1.165) is 22.8 Å². The molecule has 9 heteroatoms. The standard InChI is InChI=1S/C18H18N8O/c1-10-7-14(27)17-24-23-16-9-11(8-13(10)26(16)17)12-3-5-19-18(21-12)22-15-4-6-20-25(15)2/h3-6,8-10,14,27H,7H2,1-2H3,(H,19,21,22). The zero-order valence-electron chi connectivity index (χ0n) is 14.9. The lowest BCUT2D eigenvalue weighted by Gasteiger charge is -2.24. The summed E-state index contributed by atoms with van der Waals surface area (Å²) in [5.41, 5.74) is 3.52. The highest BCUT2D eigenvalue weighted by Crippen LogP contribution is 2.36. The molecule has 2 N–H and O–H groups in total. The molecule has 136 valence electrons. The molecule has 5 rings (SSSR count). The predicted molar refractivity (Wildman–Crippen MR) is 98.5 cm³/mol. The molecule has 4 aromatic heterocycles. The van der Waals surface area contributed by atoms with Gasteiger partial charge < -0.3 is 10.4 Å². The number of hydrogen-bond acceptors (Lipinski definition) is 7. The van der Waals surface area contributed by atoms with Crippen LogP contribution in [0.4, 0.5) is 11.8 Å². The number of nitrogens with one attached hydrogen (secondary N) is 1. The summed E-state index contributed by atoms with van der Waals surface area (Å²) in [6.07, 6.45) is 3.49. The number of nitrogens with zero attached hydrogens (tertiary/aromatic N) is 7. The van der Waals surface area contributed by atoms with Gasteiger partial charge in [-0.1, -0.05) is 6.92 Å². The fourth-order valence-corrected chi connectivity index (χ4v) is 3.55. The lowest BCUT2D eigenvalue weighted by atomic mass is 9.94. The third-order valence-corrected chi connectivity index (χ3v) is 4.95. The van der Waals surface area contributed by atoms with E-state index in [2.05, 4.69) is 43.6 Å². The minimum atomic E-state index is -0.581. The maximum absolute atomic E-state index is 10.2. The van der Waals surface area contributed by atoms with Crippen molar-refractivity contribution in [2.45, 2.75) is 25.4 Å². The number of anilines is 2. The fourth-order valence-electron chi connectivity index (χ4n) is 3.55. The van der Waals surface area contributed by atoms with Crippen LogP contribution in [0.1, 0.15) is 36.9 Å². The highest BCUT2D eigenvalue weighted by molar-refractivity contribution is 5.67. The first-order chi connectivity index (χ1) is 13.1. The summed E-state index contributed by atoms with van der Waals surface area (Å²) < 4.78 is 3.66. The Labute approximate surface area is 154 Å². The second kappa shape index (κ2) is 5.85. The van der Waals surface area contributed by atoms with E-state index in [9.17, 15) is 5.11 Å². The molecule has 2 unspecified atom stereocenters. The van der Waals surface area contributed by atoms with Gasteiger partial charge in [0.2, 0.25) is 5.95 Å². The van der Waals surface area contributed by atoms with Gasteiger partial charge in [-0.25, -0.2) is 9.97 Å². The molecule has 2 atom stereocenters. The molecule has 9 nitrogen and oxygen atoms in total. The average Bonchev–Trinajstić information content (AvgIpc) is 3.27. The molecule has 0 radical (unpaired) electrons. The van der Waals surface area contributed by atoms with Gasteiger partial charge in [-0.05, 0) is 30.5 Å². The summed E-state index contributed by atoms with van der Waals surface area (Å²) in [6.45, 7) is 2.10. The Kier molecular flexibility index (Phi) is 3.44. The molecule has 0 bridgehead atoms. The van der Waals surface area contributed by atoms with Crippen molar-refractivity contribution >= 4 is 17.4 Å². The van der Waals surface area contributed by atoms with Crippen molar-refractivity contribution in [3.63, 3.8) is 0 Å². The predicted octanol–water partition coefficient (Wildman–Crippen LogP) is 2.20. The van der Waals surface area contributed by atoms with Gasteiger partial charge in [0.15, 0.2) is 11.5 Å². The third kappa shape index (κ3) is 2.55. The second-order valence-corrected chi connectivity index (χ2v) is 6.80. The van der Waals surface area contributed by atoms with Crippen molar-refractivity contribution in [3.05, 3.63) is 48.2 Å². The lowest BCUT2D eigenvalue weighted by molar-refractivity contribution is 0.139. The van der Waals surface area contributed by atoms with Crippen molar-refractivity contribution in [2.75, 3.05) is 5.32 Å². The van der Waals surface area contributed by atoms with E-state index in [1.807, 2.05) is 29.6 Å². The molecule has 0 saturated carbocycles. The fraction of sp³-hybridized carbons (Fsp3) is 0.278. The second-order valence-electron chi connectivity index (χ2n) is 6.80. The van der Waals surface area contributed by atoms with E-state index in [1.54, 1.807) is 17.1 Å². The molecule has 0 amide bonds. The molecule has 27 heavy (non-hydrogen) atoms. The Balaban J connectivity index is 1.58. The van der Waals surface area contributed by atoms with Gasteiger partial charge in [0.25, 0.3) is 0 Å². The lowest BCUT2D eigenvalue weighted by Crippen LogP contribution is -2.17. The topological polar surface area (TPSA) is 106 Å². The number of aliphatic hydroxyl groups excluding tert-OH is 1. The van der Waals surface area contributed by atoms with Gasteiger partial charge >= 0.3 is 0 Å². The van der Waals surface area contributed by atoms with Crippen LogP contribution in [0.3, 0.4) is 0 Å². The molecule has 0 saturated heterocycles. The van der Waals surface area contributed by atoms with Gasteiger partial charge in [-0.3, -0.25) is 9.08 Å². The zero-order chi connectivity index (χ0) is 18.5. The number of hydrogen-bond donors (Lipinski definition) is 2. The van der Waals surface area contributed by atoms with Crippen LogP contribution in [0.2, 0.25) is 0 Å². The van der Waals surface area contributed by atoms with Crippen molar-refractivity contribution in [1.82, 2.24) is 34.3 Å². The first-order valence-electron chi connectivity index (χ1n) is 8.75. The Morgan fingerprint density at radius 3 is 2.89 bits per heavy atom. The van der Waals surface area contributed by atoms with E-state index in [-0.39, 0.29) is 5.92 Å². The molecule has 1 aliphatic heterocycles. The first kappa shape index (κ1) is 15.9. The van der Waals surface area contributed by atoms with E-state index in [1.165, 1.54) is 0 Å². The number of aromatic nitrogens is 7. The number of rotatable bonds is 3. The molecular formula is C18H18N8O. The van der Waals surface area contributed by atoms with E-state index in [0.29, 0.717) is 23.8 Å². The maximum atomic E-state index is 10.2. The van der Waals surface area contributed by atoms with Gasteiger partial charge in [0.1, 0.15) is 11.9 Å². The Morgan fingerprint density at radius 2 is 2.07 bits per heavy atom. The first-order valence-corrected chi connectivity index (χ1v) is 8.75. The van der Waals surface area contributed by atoms with Gasteiger partial charge in [0, 0.05) is 30.6 Å². The Hall–Kier alpha value is -3.33. The van der Waals surface area contributed by atoms with E-state index < -0.39 is 6.10 Å². The molecular weight excluding hydrogens is 344 g/mol. The Bertz CT molecular complexity index is 1150. The van der Waals surface area contributed by atoms with Crippen molar-refractivity contribution in [2.24, 2.45) is 7.05 Å². The van der Waals surface area contributed by atoms with Crippen LogP contribution < -0.4 is 5.32 Å². The highest BCUT2D eigenvalue weighted by Gasteiger charge is 2.28. The van der Waals surface area contributed by atoms with Crippen LogP contribution in [0.5, 0.6) is 0 Å². The molecule has 0 fully saturated rings. The summed E-state index contributed by atoms with van der Waals surface area (Å²) in [7, 11) is 1.85. The van der Waals surface area contributed by atoms with Crippen molar-refractivity contribution < 1.29 is 5.11 Å². The van der Waals surface area contributed by atoms with Gasteiger partial charge in [-0.15, -0.1) is 10.2 Å². The number of pyridine rings is 1. The molecule has 0 spiro atoms. The van der Waals surface area contributed by atoms with Gasteiger partial charge in [-0.2, -0.15) is 5.10 Å². The zero-order valence-corrected chi connectivity index (χ0v) is 14.9. The number of aliphatic hydroxyl groups is 1. The Morgan fingerprint density at radius 1 is 1.19 bits per heavy atom. The monoisotopic (exact) mass is 362 g/mol. The van der Waals surface area contributed by atoms with Crippen LogP contribution in [0.15, 0.2) is 36.7 Å². The minimum absolute atomic E-state index is 0.194. The van der Waals surface area contributed by atoms with Crippen LogP contribution in [-0.2, 0) is 7.05 Å². The molecule has 0 aromatic carbocycles. The average molecular weight is 362 g/mol. The molecule has 1 aliphatic rings. The smallest absolute Gasteiger partial charge is 0.228 e. The highest BCUT2D eigenvalue weighted by atomic mass is 16.3. The van der Waals surface area contributed by atoms with Gasteiger partial charge in [0.05, 0.1) is 11.9 Å². The summed E-state index contributed by atoms with van der Waals surface area (Å²) in [5, 5.41) is 25.9. The summed E-state index contributed by atoms with van der Waals surface area (Å²) >= 11 is 0. The summed E-state index contributed by atoms with van der Waals surface area (Å²) in [5.74, 6) is 2.10. The molecule has 5 heterocycles. The van der Waals surface area contributed by atoms with Crippen molar-refractivity contribution in [3.8, 4) is 11.3 Å². The van der Waals surface area contributed by atoms with E-state index in [4.69, 9.17) is 0 Å². The third-order valence-electron chi connectivity index (χ3n) is 4.95. The van der Waals surface area contributed by atoms with Crippen LogP contribution in [-0.4, -0.2) is 39.5 Å². The molecule has 0 aliphatic carbocycles. The molecule has 4 aromatic rings. The minimum Gasteiger partial charge on any atom is -0.385 e. The van der Waals surface area contributed by atoms with Crippen LogP contribution in [0.25, 0.3) is 16.9 Å². The van der Waals surface area contributed by atoms with E-state index >= 15 is 0 Å². The normalized spacial score (nSPS) is 18.8. The summed E-state index contributed by atoms with van der Waals surface area (Å²) in [6, 6.07) is 7.75. The van der Waals surface area contributed by atoms with Crippen molar-refractivity contribution in [1.29, 1.82) is 0 Å². The quantitative estimate of drug-likeness (QED) is 0.575. The summed E-state index contributed by atoms with van der Waals surface area (Å²) in [4.78, 5) is 8.93. The largest absolute Gasteiger partial charge is 0.385 e. The van der Waals surface area contributed by atoms with Crippen LogP contribution >= 0.6 is 0 Å².